The molecule has 1 fully saturated rings. The maximum Gasteiger partial charge on any atom is 0.340 e. The summed E-state index contributed by atoms with van der Waals surface area (Å²) in [5.74, 6) is -0.651. The second-order valence-electron chi connectivity index (χ2n) is 7.68. The smallest absolute Gasteiger partial charge is 0.340 e. The van der Waals surface area contributed by atoms with Gasteiger partial charge in [-0.05, 0) is 31.0 Å². The summed E-state index contributed by atoms with van der Waals surface area (Å²) >= 11 is 1.31. The molecular formula is C22H26N4O5S2. The van der Waals surface area contributed by atoms with E-state index in [2.05, 4.69) is 9.88 Å². The Morgan fingerprint density at radius 3 is 2.61 bits per heavy atom. The molecule has 0 atom stereocenters. The standard InChI is InChI=1S/C22H26N4O5S2/c1-3-25(4-2)33(29,30)17-7-8-19(24-9-5-6-10-24)18(14-17)21(28)31-15-16-13-20(27)26-11-12-32-22(26)23-16/h7-8,11-14H,3-6,9-10,15H2,1-2H3. The number of rotatable bonds is 8. The van der Waals surface area contributed by atoms with E-state index < -0.39 is 16.0 Å². The highest BCUT2D eigenvalue weighted by Crippen LogP contribution is 2.29. The first-order valence-corrected chi connectivity index (χ1v) is 13.2. The average molecular weight is 491 g/mol. The van der Waals surface area contributed by atoms with Crippen LogP contribution in [0, 0.1) is 0 Å². The summed E-state index contributed by atoms with van der Waals surface area (Å²) in [6.45, 7) is 5.60. The fraction of sp³-hybridized carbons (Fsp3) is 0.409. The molecule has 11 heteroatoms. The molecule has 9 nitrogen and oxygen atoms in total. The molecule has 1 aliphatic heterocycles. The number of anilines is 1. The minimum Gasteiger partial charge on any atom is -0.456 e. The molecule has 4 rings (SSSR count). The van der Waals surface area contributed by atoms with Crippen LogP contribution in [0.25, 0.3) is 4.96 Å². The van der Waals surface area contributed by atoms with Crippen molar-refractivity contribution in [2.75, 3.05) is 31.1 Å². The second-order valence-corrected chi connectivity index (χ2v) is 10.5. The van der Waals surface area contributed by atoms with Crippen molar-refractivity contribution in [3.8, 4) is 0 Å². The molecule has 0 amide bonds. The monoisotopic (exact) mass is 490 g/mol. The minimum absolute atomic E-state index is 0.0532. The SMILES string of the molecule is CCN(CC)S(=O)(=O)c1ccc(N2CCCC2)c(C(=O)OCc2cc(=O)n3ccsc3n2)c1. The fourth-order valence-electron chi connectivity index (χ4n) is 3.96. The van der Waals surface area contributed by atoms with E-state index in [-0.39, 0.29) is 22.6 Å². The molecule has 3 heterocycles. The van der Waals surface area contributed by atoms with Crippen molar-refractivity contribution in [2.24, 2.45) is 0 Å². The van der Waals surface area contributed by atoms with Crippen LogP contribution in [0.5, 0.6) is 0 Å². The Balaban J connectivity index is 1.65. The highest BCUT2D eigenvalue weighted by atomic mass is 32.2. The number of aromatic nitrogens is 2. The summed E-state index contributed by atoms with van der Waals surface area (Å²) < 4.78 is 34.3. The van der Waals surface area contributed by atoms with E-state index in [0.717, 1.165) is 25.9 Å². The molecule has 1 saturated heterocycles. The molecular weight excluding hydrogens is 464 g/mol. The summed E-state index contributed by atoms with van der Waals surface area (Å²) in [4.78, 5) is 32.3. The van der Waals surface area contributed by atoms with E-state index in [9.17, 15) is 18.0 Å². The first kappa shape index (κ1) is 23.4. The van der Waals surface area contributed by atoms with Crippen LogP contribution in [-0.2, 0) is 21.4 Å². The van der Waals surface area contributed by atoms with E-state index in [1.165, 1.54) is 32.2 Å². The zero-order valence-electron chi connectivity index (χ0n) is 18.6. The van der Waals surface area contributed by atoms with Gasteiger partial charge < -0.3 is 9.64 Å². The van der Waals surface area contributed by atoms with Crippen LogP contribution in [0.15, 0.2) is 45.5 Å². The van der Waals surface area contributed by atoms with Gasteiger partial charge in [-0.3, -0.25) is 9.20 Å². The van der Waals surface area contributed by atoms with Crippen LogP contribution >= 0.6 is 11.3 Å². The van der Waals surface area contributed by atoms with Crippen molar-refractivity contribution in [3.63, 3.8) is 0 Å². The van der Waals surface area contributed by atoms with E-state index >= 15 is 0 Å². The maximum atomic E-state index is 13.1. The van der Waals surface area contributed by atoms with Gasteiger partial charge in [0.1, 0.15) is 6.61 Å². The summed E-state index contributed by atoms with van der Waals surface area (Å²) in [7, 11) is -3.74. The maximum absolute atomic E-state index is 13.1. The molecule has 0 bridgehead atoms. The van der Waals surface area contributed by atoms with E-state index in [1.807, 2.05) is 0 Å². The quantitative estimate of drug-likeness (QED) is 0.448. The lowest BCUT2D eigenvalue weighted by Gasteiger charge is -2.23. The molecule has 0 saturated carbocycles. The Morgan fingerprint density at radius 1 is 1.18 bits per heavy atom. The molecule has 1 aliphatic rings. The van der Waals surface area contributed by atoms with Crippen LogP contribution in [0.2, 0.25) is 0 Å². The summed E-state index contributed by atoms with van der Waals surface area (Å²) in [6, 6.07) is 5.95. The Morgan fingerprint density at radius 2 is 1.91 bits per heavy atom. The summed E-state index contributed by atoms with van der Waals surface area (Å²) in [5.41, 5.74) is 0.930. The number of benzene rings is 1. The molecule has 1 aromatic carbocycles. The molecule has 33 heavy (non-hydrogen) atoms. The number of hydrogen-bond acceptors (Lipinski definition) is 8. The van der Waals surface area contributed by atoms with Crippen molar-refractivity contribution in [1.82, 2.24) is 13.7 Å². The van der Waals surface area contributed by atoms with E-state index in [0.29, 0.717) is 29.4 Å². The van der Waals surface area contributed by atoms with Crippen LogP contribution in [-0.4, -0.2) is 54.3 Å². The first-order chi connectivity index (χ1) is 15.8. The van der Waals surface area contributed by atoms with Crippen molar-refractivity contribution >= 4 is 38.0 Å². The third kappa shape index (κ3) is 4.66. The van der Waals surface area contributed by atoms with Crippen molar-refractivity contribution < 1.29 is 17.9 Å². The van der Waals surface area contributed by atoms with Gasteiger partial charge in [-0.2, -0.15) is 4.31 Å². The lowest BCUT2D eigenvalue weighted by molar-refractivity contribution is 0.0468. The number of nitrogens with zero attached hydrogens (tertiary/aromatic N) is 4. The Hall–Kier alpha value is -2.76. The number of hydrogen-bond donors (Lipinski definition) is 0. The van der Waals surface area contributed by atoms with Gasteiger partial charge in [0.15, 0.2) is 4.96 Å². The fourth-order valence-corrected chi connectivity index (χ4v) is 6.19. The normalized spacial score (nSPS) is 14.3. The molecule has 0 unspecified atom stereocenters. The van der Waals surface area contributed by atoms with Crippen molar-refractivity contribution in [3.05, 3.63) is 57.5 Å². The molecule has 0 spiro atoms. The zero-order chi connectivity index (χ0) is 23.6. The number of carbonyl (C=O) groups is 1. The van der Waals surface area contributed by atoms with Gasteiger partial charge in [0.25, 0.3) is 5.56 Å². The number of fused-ring (bicyclic) bond motifs is 1. The molecule has 0 aliphatic carbocycles. The second kappa shape index (κ2) is 9.62. The van der Waals surface area contributed by atoms with Gasteiger partial charge in [-0.1, -0.05) is 13.8 Å². The van der Waals surface area contributed by atoms with E-state index in [4.69, 9.17) is 4.74 Å². The molecule has 0 radical (unpaired) electrons. The van der Waals surface area contributed by atoms with Gasteiger partial charge in [-0.15, -0.1) is 11.3 Å². The number of esters is 1. The molecule has 3 aromatic rings. The predicted molar refractivity (Wildman–Crippen MR) is 126 cm³/mol. The molecule has 176 valence electrons. The average Bonchev–Trinajstić information content (AvgIpc) is 3.50. The Bertz CT molecular complexity index is 1320. The minimum atomic E-state index is -3.74. The van der Waals surface area contributed by atoms with Gasteiger partial charge in [0.2, 0.25) is 10.0 Å². The highest BCUT2D eigenvalue weighted by molar-refractivity contribution is 7.89. The number of sulfonamides is 1. The van der Waals surface area contributed by atoms with Crippen LogP contribution in [0.4, 0.5) is 5.69 Å². The van der Waals surface area contributed by atoms with Gasteiger partial charge in [-0.25, -0.2) is 18.2 Å². The van der Waals surface area contributed by atoms with Crippen molar-refractivity contribution in [1.29, 1.82) is 0 Å². The number of carbonyl (C=O) groups excluding carboxylic acids is 1. The third-order valence-corrected chi connectivity index (χ3v) is 8.49. The number of thiazole rings is 1. The lowest BCUT2D eigenvalue weighted by atomic mass is 10.1. The molecule has 2 aromatic heterocycles. The largest absolute Gasteiger partial charge is 0.456 e. The van der Waals surface area contributed by atoms with Gasteiger partial charge in [0, 0.05) is 43.8 Å². The van der Waals surface area contributed by atoms with Crippen LogP contribution in [0.3, 0.4) is 0 Å². The van der Waals surface area contributed by atoms with Gasteiger partial charge in [0.05, 0.1) is 21.8 Å². The highest BCUT2D eigenvalue weighted by Gasteiger charge is 2.27. The van der Waals surface area contributed by atoms with Crippen LogP contribution < -0.4 is 10.5 Å². The number of ether oxygens (including phenoxy) is 1. The summed E-state index contributed by atoms with van der Waals surface area (Å²) in [6.07, 6.45) is 3.64. The van der Waals surface area contributed by atoms with Crippen molar-refractivity contribution in [2.45, 2.75) is 38.2 Å². The third-order valence-electron chi connectivity index (χ3n) is 5.69. The van der Waals surface area contributed by atoms with Crippen LogP contribution in [0.1, 0.15) is 42.7 Å². The summed E-state index contributed by atoms with van der Waals surface area (Å²) in [5, 5.41) is 1.75. The lowest BCUT2D eigenvalue weighted by Crippen LogP contribution is -2.31. The topological polar surface area (TPSA) is 101 Å². The van der Waals surface area contributed by atoms with Gasteiger partial charge >= 0.3 is 5.97 Å². The molecule has 0 N–H and O–H groups in total. The zero-order valence-corrected chi connectivity index (χ0v) is 20.2. The predicted octanol–water partition coefficient (Wildman–Crippen LogP) is 2.74. The Labute approximate surface area is 196 Å². The Kier molecular flexibility index (Phi) is 6.82. The van der Waals surface area contributed by atoms with E-state index in [1.54, 1.807) is 37.6 Å². The first-order valence-electron chi connectivity index (χ1n) is 10.9.